The first-order valence-electron chi connectivity index (χ1n) is 22.8. The van der Waals surface area contributed by atoms with Crippen LogP contribution in [-0.2, 0) is 40.8 Å². The molecule has 0 atom stereocenters. The maximum atomic E-state index is 14.0. The molecule has 0 aliphatic heterocycles. The van der Waals surface area contributed by atoms with E-state index in [9.17, 15) is 36.9 Å². The van der Waals surface area contributed by atoms with Crippen molar-refractivity contribution in [1.29, 1.82) is 10.5 Å². The highest BCUT2D eigenvalue weighted by Gasteiger charge is 2.32. The number of nitrogens with zero attached hydrogens (tertiary/aromatic N) is 6. The van der Waals surface area contributed by atoms with E-state index in [2.05, 4.69) is 33.6 Å². The number of benzene rings is 3. The summed E-state index contributed by atoms with van der Waals surface area (Å²) in [6, 6.07) is 24.3. The van der Waals surface area contributed by atoms with E-state index < -0.39 is 23.5 Å². The van der Waals surface area contributed by atoms with Gasteiger partial charge in [0.05, 0.1) is 88.3 Å². The number of alkyl halides is 6. The van der Waals surface area contributed by atoms with Crippen LogP contribution in [0.2, 0.25) is 0 Å². The minimum absolute atomic E-state index is 0.0427. The van der Waals surface area contributed by atoms with Crippen LogP contribution >= 0.6 is 0 Å². The highest BCUT2D eigenvalue weighted by molar-refractivity contribution is 5.74. The number of aromatic nitrogens is 4. The van der Waals surface area contributed by atoms with Crippen molar-refractivity contribution in [2.45, 2.75) is 12.4 Å². The molecule has 0 radical (unpaired) electrons. The fourth-order valence-corrected chi connectivity index (χ4v) is 7.09. The van der Waals surface area contributed by atoms with Gasteiger partial charge < -0.3 is 37.9 Å². The predicted molar refractivity (Wildman–Crippen MR) is 257 cm³/mol. The third-order valence-electron chi connectivity index (χ3n) is 10.8. The Balaban J connectivity index is 1.17. The minimum Gasteiger partial charge on any atom is -0.491 e. The average Bonchev–Trinajstić information content (AvgIpc) is 3.96. The van der Waals surface area contributed by atoms with Crippen LogP contribution in [0.25, 0.3) is 33.8 Å². The number of imidazole rings is 2. The second kappa shape index (κ2) is 25.6. The van der Waals surface area contributed by atoms with Gasteiger partial charge in [0.15, 0.2) is 0 Å². The second-order valence-corrected chi connectivity index (χ2v) is 15.8. The predicted octanol–water partition coefficient (Wildman–Crippen LogP) is 9.01. The van der Waals surface area contributed by atoms with Crippen LogP contribution in [0.15, 0.2) is 97.3 Å². The quantitative estimate of drug-likeness (QED) is 0.0361. The van der Waals surface area contributed by atoms with Gasteiger partial charge in [0.25, 0.3) is 0 Å². The monoisotopic (exact) mass is 1020 g/mol. The third-order valence-corrected chi connectivity index (χ3v) is 10.8. The molecule has 0 aliphatic carbocycles. The van der Waals surface area contributed by atoms with E-state index in [0.717, 1.165) is 24.5 Å². The molecule has 20 heteroatoms. The van der Waals surface area contributed by atoms with Gasteiger partial charge >= 0.3 is 12.4 Å². The van der Waals surface area contributed by atoms with Gasteiger partial charge in [0.1, 0.15) is 70.9 Å². The molecule has 0 N–H and O–H groups in total. The highest BCUT2D eigenvalue weighted by Crippen LogP contribution is 2.34. The first kappa shape index (κ1) is 53.9. The maximum absolute atomic E-state index is 14.0. The Hall–Kier alpha value is -7.92. The second-order valence-electron chi connectivity index (χ2n) is 15.8. The van der Waals surface area contributed by atoms with Crippen LogP contribution in [0.5, 0.6) is 11.5 Å². The zero-order valence-electron chi connectivity index (χ0n) is 39.9. The first-order valence-corrected chi connectivity index (χ1v) is 22.8. The molecule has 7 rings (SSSR count). The molecule has 0 amide bonds. The molecule has 4 heterocycles. The minimum atomic E-state index is -4.70. The van der Waals surface area contributed by atoms with Gasteiger partial charge in [-0.25, -0.2) is 9.97 Å². The van der Waals surface area contributed by atoms with Gasteiger partial charge in [-0.05, 0) is 96.8 Å². The number of halogens is 6. The number of fused-ring (bicyclic) bond motifs is 2. The molecule has 4 aromatic heterocycles. The molecule has 382 valence electrons. The molecule has 74 heavy (non-hydrogen) atoms. The van der Waals surface area contributed by atoms with E-state index >= 15 is 0 Å². The number of ether oxygens (including phenoxy) is 8. The molecular formula is C54H46F6N6O8. The molecule has 0 saturated carbocycles. The Kier molecular flexibility index (Phi) is 18.7. The van der Waals surface area contributed by atoms with Crippen LogP contribution in [0.3, 0.4) is 0 Å². The first-order chi connectivity index (χ1) is 35.8. The Bertz CT molecular complexity index is 3030. The number of nitriles is 2. The lowest BCUT2D eigenvalue weighted by Crippen LogP contribution is -2.12. The Labute approximate surface area is 421 Å². The average molecular weight is 1020 g/mol. The maximum Gasteiger partial charge on any atom is 0.417 e. The summed E-state index contributed by atoms with van der Waals surface area (Å²) in [5.74, 6) is 12.5. The van der Waals surface area contributed by atoms with Gasteiger partial charge in [-0.2, -0.15) is 36.9 Å². The van der Waals surface area contributed by atoms with Crippen molar-refractivity contribution < 1.29 is 64.2 Å². The van der Waals surface area contributed by atoms with Gasteiger partial charge in [0, 0.05) is 48.9 Å². The molecule has 14 nitrogen and oxygen atoms in total. The lowest BCUT2D eigenvalue weighted by atomic mass is 9.99. The zero-order chi connectivity index (χ0) is 52.5. The standard InChI is InChI=1S/C54H46F6N6O8/c1-67-19-21-69-23-25-71-27-29-73-45-11-3-37(4-12-45)51-47(65-35-43(53(55,56)57)9-17-49(65)63-51)15-7-39-31-42(34-62)40(32-41(39)33-61)8-16-48-52(64-50-18-10-44(36-66(48)50)54(58,59)60)38-5-13-46(14-6-38)74-30-28-72-26-24-70-22-20-68-2/h3-6,9-14,17-18,31-32,35-36H,19-30H2,1-2H3. The molecule has 0 unspecified atom stereocenters. The summed E-state index contributed by atoms with van der Waals surface area (Å²) in [7, 11) is 3.17. The van der Waals surface area contributed by atoms with Crippen LogP contribution in [0, 0.1) is 46.3 Å². The van der Waals surface area contributed by atoms with Crippen LogP contribution in [-0.4, -0.2) is 112 Å². The number of pyridine rings is 2. The van der Waals surface area contributed by atoms with Crippen molar-refractivity contribution in [1.82, 2.24) is 18.8 Å². The van der Waals surface area contributed by atoms with Crippen molar-refractivity contribution in [2.24, 2.45) is 0 Å². The molecule has 0 bridgehead atoms. The van der Waals surface area contributed by atoms with Crippen molar-refractivity contribution in [2.75, 3.05) is 93.5 Å². The number of hydrogen-bond donors (Lipinski definition) is 0. The van der Waals surface area contributed by atoms with Crippen molar-refractivity contribution >= 4 is 11.3 Å². The molecule has 0 spiro atoms. The van der Waals surface area contributed by atoms with Gasteiger partial charge in [-0.1, -0.05) is 11.8 Å². The summed E-state index contributed by atoms with van der Waals surface area (Å²) >= 11 is 0. The van der Waals surface area contributed by atoms with E-state index in [1.165, 1.54) is 33.1 Å². The SMILES string of the molecule is COCCOCCOCCOc1ccc(-c2nc3ccc(C(F)(F)F)cn3c2C#Cc2cc(C#N)c(C#Cc3c(-c4ccc(OCCOCCOCCOC)cc4)nc4ccc(C(F)(F)F)cn34)cc2C#N)cc1. The lowest BCUT2D eigenvalue weighted by Gasteiger charge is -2.08. The lowest BCUT2D eigenvalue weighted by molar-refractivity contribution is -0.138. The Morgan fingerprint density at radius 3 is 1.14 bits per heavy atom. The number of rotatable bonds is 22. The van der Waals surface area contributed by atoms with Gasteiger partial charge in [-0.15, -0.1) is 0 Å². The third kappa shape index (κ3) is 14.2. The summed E-state index contributed by atoms with van der Waals surface area (Å²) in [5, 5.41) is 20.7. The van der Waals surface area contributed by atoms with Crippen LogP contribution in [0.4, 0.5) is 26.3 Å². The fraction of sp³-hybridized carbons (Fsp3) is 0.296. The summed E-state index contributed by atoms with van der Waals surface area (Å²) in [6.45, 7) is 4.47. The van der Waals surface area contributed by atoms with Crippen molar-refractivity contribution in [3.8, 4) is 69.8 Å². The van der Waals surface area contributed by atoms with Crippen LogP contribution in [0.1, 0.15) is 44.8 Å². The molecule has 0 aliphatic rings. The smallest absolute Gasteiger partial charge is 0.417 e. The summed E-state index contributed by atoms with van der Waals surface area (Å²) < 4.78 is 130. The molecule has 3 aromatic carbocycles. The summed E-state index contributed by atoms with van der Waals surface area (Å²) in [5.41, 5.74) is -0.0966. The van der Waals surface area contributed by atoms with E-state index in [4.69, 9.17) is 37.9 Å². The summed E-state index contributed by atoms with van der Waals surface area (Å²) in [4.78, 5) is 9.21. The largest absolute Gasteiger partial charge is 0.491 e. The Morgan fingerprint density at radius 2 is 0.797 bits per heavy atom. The molecule has 0 fully saturated rings. The van der Waals surface area contributed by atoms with E-state index in [1.54, 1.807) is 62.8 Å². The number of hydrogen-bond acceptors (Lipinski definition) is 12. The van der Waals surface area contributed by atoms with Crippen LogP contribution < -0.4 is 9.47 Å². The topological polar surface area (TPSA) is 156 Å². The van der Waals surface area contributed by atoms with Gasteiger partial charge in [0.2, 0.25) is 0 Å². The van der Waals surface area contributed by atoms with E-state index in [-0.39, 0.29) is 69.5 Å². The molecule has 7 aromatic rings. The van der Waals surface area contributed by atoms with E-state index in [1.807, 2.05) is 12.1 Å². The normalized spacial score (nSPS) is 11.4. The van der Waals surface area contributed by atoms with E-state index in [0.29, 0.717) is 88.7 Å². The van der Waals surface area contributed by atoms with Crippen molar-refractivity contribution in [3.05, 3.63) is 142 Å². The zero-order valence-corrected chi connectivity index (χ0v) is 39.9. The molecule has 0 saturated heterocycles. The Morgan fingerprint density at radius 1 is 0.446 bits per heavy atom. The summed E-state index contributed by atoms with van der Waals surface area (Å²) in [6.07, 6.45) is -7.65. The fourth-order valence-electron chi connectivity index (χ4n) is 7.09. The highest BCUT2D eigenvalue weighted by atomic mass is 19.4. The van der Waals surface area contributed by atoms with Crippen molar-refractivity contribution in [3.63, 3.8) is 0 Å². The number of methoxy groups -OCH3 is 2. The molecular weight excluding hydrogens is 975 g/mol. The van der Waals surface area contributed by atoms with Gasteiger partial charge in [-0.3, -0.25) is 8.80 Å².